The topological polar surface area (TPSA) is 288 Å². The molecule has 5 rings (SSSR count). The second-order valence-electron chi connectivity index (χ2n) is 23.7. The number of ether oxygens (including phenoxy) is 1. The Morgan fingerprint density at radius 3 is 2.02 bits per heavy atom. The number of benzene rings is 4. The minimum absolute atomic E-state index is 0.0841. The highest BCUT2D eigenvalue weighted by atomic mass is 16.5. The number of primary amides is 1. The third-order valence-corrected chi connectivity index (χ3v) is 15.2. The Balaban J connectivity index is 1.17. The summed E-state index contributed by atoms with van der Waals surface area (Å²) in [5, 5.41) is 26.1. The first kappa shape index (κ1) is 66.8. The zero-order chi connectivity index (χ0) is 62.9. The van der Waals surface area contributed by atoms with Gasteiger partial charge in [0.25, 0.3) is 0 Å². The molecule has 1 aliphatic heterocycles. The Morgan fingerprint density at radius 2 is 1.39 bits per heavy atom. The number of fused-ring (bicyclic) bond motifs is 2. The van der Waals surface area contributed by atoms with Crippen molar-refractivity contribution in [3.8, 4) is 11.8 Å². The van der Waals surface area contributed by atoms with Gasteiger partial charge in [0.15, 0.2) is 0 Å². The highest BCUT2D eigenvalue weighted by molar-refractivity contribution is 6.00. The van der Waals surface area contributed by atoms with E-state index < -0.39 is 82.6 Å². The molecule has 9 amide bonds. The second kappa shape index (κ2) is 30.0. The van der Waals surface area contributed by atoms with Crippen molar-refractivity contribution in [1.82, 2.24) is 26.2 Å². The van der Waals surface area contributed by atoms with E-state index in [9.17, 15) is 48.3 Å². The first-order chi connectivity index (χ1) is 40.0. The zero-order valence-corrected chi connectivity index (χ0v) is 50.8. The molecule has 85 heavy (non-hydrogen) atoms. The van der Waals surface area contributed by atoms with Gasteiger partial charge in [-0.15, -0.1) is 0 Å². The van der Waals surface area contributed by atoms with E-state index in [2.05, 4.69) is 43.7 Å². The van der Waals surface area contributed by atoms with Crippen molar-refractivity contribution in [3.05, 3.63) is 137 Å². The van der Waals surface area contributed by atoms with E-state index in [1.807, 2.05) is 103 Å². The Morgan fingerprint density at radius 1 is 0.741 bits per heavy atom. The first-order valence-electron chi connectivity index (χ1n) is 28.5. The van der Waals surface area contributed by atoms with Crippen LogP contribution in [-0.4, -0.2) is 101 Å². The molecule has 0 aliphatic carbocycles. The van der Waals surface area contributed by atoms with E-state index in [0.717, 1.165) is 16.7 Å². The minimum Gasteiger partial charge on any atom is -0.478 e. The number of nitrogens with one attached hydrogen (secondary N) is 6. The average Bonchev–Trinajstić information content (AvgIpc) is 3.64. The van der Waals surface area contributed by atoms with Gasteiger partial charge < -0.3 is 52.0 Å². The molecule has 0 saturated heterocycles. The number of urea groups is 1. The van der Waals surface area contributed by atoms with Gasteiger partial charge in [0, 0.05) is 65.8 Å². The molecule has 20 heteroatoms. The van der Waals surface area contributed by atoms with Crippen LogP contribution >= 0.6 is 0 Å². The summed E-state index contributed by atoms with van der Waals surface area (Å²) >= 11 is 0. The standard InChI is InChI=1S/C65H83N9O11/c1-39(2)52(35-41(5)61(81)82)73(12)60(80)56(64(7,8)9)72-57(77)42(6)65(10,11)47-22-17-23-49(36-47)69-63(84)85-38-43-26-30-48(31-27-43)68-58(78)50(24-18-34-67-62(66)83)70-59(79)55(40(3)4)71-53(75)32-33-54(76)74-37-46-21-14-13-19-44(46)28-29-45-20-15-16-25-51(45)74/h13-17,19-23,25-27,30-31,35-36,39-40,42,50,52,55-56H,18,24,32-34,37-38H2,1-12H3,(H,68,78)(H,69,84)(H,70,79)(H,71,75)(H,72,77)(H,81,82)(H3,66,67,83)/b41-35+/t42?,50-,52+,55-,56+/m0/s1. The lowest BCUT2D eigenvalue weighted by Crippen LogP contribution is -2.58. The van der Waals surface area contributed by atoms with Crippen LogP contribution in [0.2, 0.25) is 0 Å². The minimum atomic E-state index is -1.12. The van der Waals surface area contributed by atoms with Gasteiger partial charge in [-0.1, -0.05) is 142 Å². The molecule has 0 spiro atoms. The average molecular weight is 1170 g/mol. The van der Waals surface area contributed by atoms with Crippen molar-refractivity contribution in [1.29, 1.82) is 0 Å². The molecular weight excluding hydrogens is 1080 g/mol. The van der Waals surface area contributed by atoms with Crippen molar-refractivity contribution >= 4 is 70.6 Å². The number of nitrogens with zero attached hydrogens (tertiary/aromatic N) is 2. The molecule has 20 nitrogen and oxygen atoms in total. The maximum Gasteiger partial charge on any atom is 0.411 e. The Bertz CT molecular complexity index is 3190. The number of hydrogen-bond donors (Lipinski definition) is 8. The number of nitrogens with two attached hydrogens (primary N) is 1. The van der Waals surface area contributed by atoms with Crippen LogP contribution in [0.25, 0.3) is 0 Å². The SMILES string of the molecule is C/C(=C\[C@H](C(C)C)N(C)C(=O)[C@@H](NC(=O)C(C)C(C)(C)c1cccc(NC(=O)OCc2ccc(NC(=O)[C@H](CCCNC(N)=O)NC(=O)[C@@H](NC(=O)CCC(=O)N3Cc4ccccc4C#Cc4ccccc43)C(C)C)cc2)c1)C(C)(C)C)C(=O)O. The lowest BCUT2D eigenvalue weighted by molar-refractivity contribution is -0.141. The fourth-order valence-electron chi connectivity index (χ4n) is 9.53. The number of carbonyl (C=O) groups excluding carboxylic acids is 8. The molecule has 1 unspecified atom stereocenters. The summed E-state index contributed by atoms with van der Waals surface area (Å²) in [5.74, 6) is 1.29. The number of anilines is 3. The van der Waals surface area contributed by atoms with Gasteiger partial charge in [0.1, 0.15) is 24.7 Å². The molecule has 0 bridgehead atoms. The van der Waals surface area contributed by atoms with Crippen LogP contribution in [0.4, 0.5) is 26.7 Å². The molecule has 0 fully saturated rings. The largest absolute Gasteiger partial charge is 0.478 e. The molecule has 454 valence electrons. The molecule has 4 aromatic rings. The van der Waals surface area contributed by atoms with E-state index in [4.69, 9.17) is 10.5 Å². The monoisotopic (exact) mass is 1170 g/mol. The summed E-state index contributed by atoms with van der Waals surface area (Å²) in [7, 11) is 1.61. The summed E-state index contributed by atoms with van der Waals surface area (Å²) in [6.45, 7) is 20.1. The smallest absolute Gasteiger partial charge is 0.411 e. The maximum atomic E-state index is 14.1. The van der Waals surface area contributed by atoms with Gasteiger partial charge in [-0.3, -0.25) is 34.1 Å². The molecule has 9 N–H and O–H groups in total. The second-order valence-corrected chi connectivity index (χ2v) is 23.7. The highest BCUT2D eigenvalue weighted by Gasteiger charge is 2.41. The van der Waals surface area contributed by atoms with Crippen LogP contribution in [0.5, 0.6) is 0 Å². The normalized spacial score (nSPS) is 14.0. The lowest BCUT2D eigenvalue weighted by Gasteiger charge is -2.39. The number of para-hydroxylation sites is 1. The number of carbonyl (C=O) groups is 9. The first-order valence-corrected chi connectivity index (χ1v) is 28.5. The molecule has 1 aliphatic rings. The van der Waals surface area contributed by atoms with Crippen molar-refractivity contribution < 1.29 is 53.0 Å². The van der Waals surface area contributed by atoms with Gasteiger partial charge in [-0.05, 0) is 96.2 Å². The third kappa shape index (κ3) is 19.0. The van der Waals surface area contributed by atoms with Crippen molar-refractivity contribution in [2.24, 2.45) is 28.9 Å². The highest BCUT2D eigenvalue weighted by Crippen LogP contribution is 2.35. The number of amides is 9. The van der Waals surface area contributed by atoms with Crippen LogP contribution < -0.4 is 42.5 Å². The number of carboxylic acids is 1. The number of rotatable bonds is 25. The van der Waals surface area contributed by atoms with E-state index in [0.29, 0.717) is 28.2 Å². The Kier molecular flexibility index (Phi) is 23.6. The van der Waals surface area contributed by atoms with Crippen molar-refractivity contribution in [3.63, 3.8) is 0 Å². The van der Waals surface area contributed by atoms with Crippen molar-refractivity contribution in [2.45, 2.75) is 145 Å². The molecule has 0 radical (unpaired) electrons. The van der Waals surface area contributed by atoms with E-state index >= 15 is 0 Å². The Hall–Kier alpha value is -8.99. The van der Waals surface area contributed by atoms with Crippen LogP contribution in [0.1, 0.15) is 130 Å². The van der Waals surface area contributed by atoms with Gasteiger partial charge in [0.05, 0.1) is 18.3 Å². The van der Waals surface area contributed by atoms with Gasteiger partial charge >= 0.3 is 18.1 Å². The molecule has 0 aromatic heterocycles. The van der Waals surface area contributed by atoms with Crippen LogP contribution in [0.3, 0.4) is 0 Å². The maximum absolute atomic E-state index is 14.1. The van der Waals surface area contributed by atoms with E-state index in [-0.39, 0.29) is 74.6 Å². The summed E-state index contributed by atoms with van der Waals surface area (Å²) in [5.41, 5.74) is 8.90. The van der Waals surface area contributed by atoms with E-state index in [1.165, 1.54) is 11.8 Å². The van der Waals surface area contributed by atoms with Gasteiger partial charge in [-0.25, -0.2) is 14.4 Å². The van der Waals surface area contributed by atoms with Crippen molar-refractivity contribution in [2.75, 3.05) is 29.1 Å². The van der Waals surface area contributed by atoms with E-state index in [1.54, 1.807) is 81.3 Å². The third-order valence-electron chi connectivity index (χ3n) is 15.2. The van der Waals surface area contributed by atoms with Crippen LogP contribution in [-0.2, 0) is 56.9 Å². The molecule has 4 aromatic carbocycles. The summed E-state index contributed by atoms with van der Waals surface area (Å²) in [6, 6.07) is 24.0. The molecular formula is C65H83N9O11. The molecule has 1 heterocycles. The molecule has 5 atom stereocenters. The predicted octanol–water partition coefficient (Wildman–Crippen LogP) is 8.13. The number of carboxylic acid groups (broad SMARTS) is 1. The summed E-state index contributed by atoms with van der Waals surface area (Å²) in [4.78, 5) is 123. The fourth-order valence-corrected chi connectivity index (χ4v) is 9.53. The Labute approximate surface area is 498 Å². The number of likely N-dealkylation sites (N-methyl/N-ethyl adjacent to an activating group) is 1. The molecule has 0 saturated carbocycles. The number of aliphatic carboxylic acids is 1. The van der Waals surface area contributed by atoms with Crippen LogP contribution in [0, 0.1) is 35.0 Å². The van der Waals surface area contributed by atoms with Gasteiger partial charge in [0.2, 0.25) is 35.4 Å². The predicted molar refractivity (Wildman–Crippen MR) is 326 cm³/mol. The number of hydrogen-bond acceptors (Lipinski definition) is 10. The summed E-state index contributed by atoms with van der Waals surface area (Å²) in [6.07, 6.45) is 0.769. The van der Waals surface area contributed by atoms with Gasteiger partial charge in [-0.2, -0.15) is 0 Å². The quantitative estimate of drug-likeness (QED) is 0.0178. The fraction of sp³-hybridized carbons (Fsp3) is 0.431. The zero-order valence-electron chi connectivity index (χ0n) is 50.8. The summed E-state index contributed by atoms with van der Waals surface area (Å²) < 4.78 is 5.55. The lowest BCUT2D eigenvalue weighted by atomic mass is 9.73. The van der Waals surface area contributed by atoms with Crippen LogP contribution in [0.15, 0.2) is 109 Å².